The van der Waals surface area contributed by atoms with Gasteiger partial charge in [-0.15, -0.1) is 0 Å². The number of benzene rings is 1. The summed E-state index contributed by atoms with van der Waals surface area (Å²) in [7, 11) is 1.56. The molecule has 112 valence electrons. The van der Waals surface area contributed by atoms with Gasteiger partial charge in [0.15, 0.2) is 17.3 Å². The second-order valence-corrected chi connectivity index (χ2v) is 5.47. The van der Waals surface area contributed by atoms with Crippen molar-refractivity contribution >= 4 is 0 Å². The lowest BCUT2D eigenvalue weighted by molar-refractivity contribution is 0.204. The van der Waals surface area contributed by atoms with Gasteiger partial charge in [0.05, 0.1) is 18.8 Å². The summed E-state index contributed by atoms with van der Waals surface area (Å²) >= 11 is 0. The van der Waals surface area contributed by atoms with E-state index >= 15 is 0 Å². The number of rotatable bonds is 4. The van der Waals surface area contributed by atoms with Crippen LogP contribution >= 0.6 is 0 Å². The number of aryl methyl sites for hydroxylation is 1. The minimum Gasteiger partial charge on any atom is -0.504 e. The lowest BCUT2D eigenvalue weighted by Crippen LogP contribution is -2.22. The lowest BCUT2D eigenvalue weighted by atomic mass is 10.1. The second-order valence-electron chi connectivity index (χ2n) is 5.47. The number of aromatic nitrogens is 1. The van der Waals surface area contributed by atoms with E-state index in [9.17, 15) is 5.11 Å². The van der Waals surface area contributed by atoms with Gasteiger partial charge in [0, 0.05) is 18.2 Å². The maximum absolute atomic E-state index is 10.2. The zero-order chi connectivity index (χ0) is 14.8. The average Bonchev–Trinajstić information content (AvgIpc) is 3.10. The second kappa shape index (κ2) is 5.77. The highest BCUT2D eigenvalue weighted by Crippen LogP contribution is 2.36. The molecule has 5 heteroatoms. The summed E-state index contributed by atoms with van der Waals surface area (Å²) in [4.78, 5) is 2.31. The van der Waals surface area contributed by atoms with Crippen LogP contribution in [0, 0.1) is 6.92 Å². The van der Waals surface area contributed by atoms with Crippen LogP contribution in [0.4, 0.5) is 0 Å². The highest BCUT2D eigenvalue weighted by molar-refractivity contribution is 5.45. The summed E-state index contributed by atoms with van der Waals surface area (Å²) in [5.41, 5.74) is 1.78. The van der Waals surface area contributed by atoms with Gasteiger partial charge in [-0.05, 0) is 32.4 Å². The molecule has 0 spiro atoms. The topological polar surface area (TPSA) is 58.7 Å². The average molecular weight is 288 g/mol. The number of likely N-dealkylation sites (tertiary alicyclic amines) is 1. The molecular weight excluding hydrogens is 268 g/mol. The molecule has 0 amide bonds. The fourth-order valence-electron chi connectivity index (χ4n) is 2.96. The molecule has 0 saturated carbocycles. The standard InChI is InChI=1S/C16H20N2O3/c1-11-9-15(21-17-11)13-6-4-8-18(13)10-12-5-3-7-14(20-2)16(12)19/h3,5,7,9,13,19H,4,6,8,10H2,1-2H3/t13-/m1/s1. The maximum Gasteiger partial charge on any atom is 0.162 e. The van der Waals surface area contributed by atoms with Crippen LogP contribution in [-0.4, -0.2) is 28.8 Å². The first kappa shape index (κ1) is 13.9. The van der Waals surface area contributed by atoms with Crippen molar-refractivity contribution < 1.29 is 14.4 Å². The largest absolute Gasteiger partial charge is 0.504 e. The normalized spacial score (nSPS) is 19.0. The summed E-state index contributed by atoms with van der Waals surface area (Å²) in [6, 6.07) is 7.82. The molecule has 1 atom stereocenters. The van der Waals surface area contributed by atoms with E-state index in [-0.39, 0.29) is 11.8 Å². The smallest absolute Gasteiger partial charge is 0.162 e. The number of ether oxygens (including phenoxy) is 1. The minimum atomic E-state index is 0.222. The van der Waals surface area contributed by atoms with Crippen LogP contribution in [0.25, 0.3) is 0 Å². The molecule has 0 unspecified atom stereocenters. The van der Waals surface area contributed by atoms with E-state index in [1.165, 1.54) is 0 Å². The SMILES string of the molecule is COc1cccc(CN2CCC[C@@H]2c2cc(C)no2)c1O. The Kier molecular flexibility index (Phi) is 3.84. The number of phenolic OH excluding ortho intramolecular Hbond substituents is 1. The van der Waals surface area contributed by atoms with Crippen molar-refractivity contribution in [1.82, 2.24) is 10.1 Å². The van der Waals surface area contributed by atoms with Crippen LogP contribution in [0.3, 0.4) is 0 Å². The number of methoxy groups -OCH3 is 1. The van der Waals surface area contributed by atoms with Crippen LogP contribution in [-0.2, 0) is 6.54 Å². The molecule has 2 aromatic rings. The molecule has 1 aromatic heterocycles. The van der Waals surface area contributed by atoms with E-state index < -0.39 is 0 Å². The number of hydrogen-bond acceptors (Lipinski definition) is 5. The molecule has 1 aliphatic rings. The number of para-hydroxylation sites is 1. The molecule has 1 fully saturated rings. The lowest BCUT2D eigenvalue weighted by Gasteiger charge is -2.23. The summed E-state index contributed by atoms with van der Waals surface area (Å²) in [6.07, 6.45) is 2.18. The molecule has 1 saturated heterocycles. The minimum absolute atomic E-state index is 0.222. The van der Waals surface area contributed by atoms with E-state index in [1.54, 1.807) is 13.2 Å². The Morgan fingerprint density at radius 3 is 3.05 bits per heavy atom. The summed E-state index contributed by atoms with van der Waals surface area (Å²) < 4.78 is 10.6. The summed E-state index contributed by atoms with van der Waals surface area (Å²) in [5.74, 6) is 1.64. The van der Waals surface area contributed by atoms with Crippen molar-refractivity contribution in [2.45, 2.75) is 32.4 Å². The predicted molar refractivity (Wildman–Crippen MR) is 78.3 cm³/mol. The molecule has 0 aliphatic carbocycles. The Morgan fingerprint density at radius 1 is 1.48 bits per heavy atom. The highest BCUT2D eigenvalue weighted by atomic mass is 16.5. The third-order valence-corrected chi connectivity index (χ3v) is 4.01. The fraction of sp³-hybridized carbons (Fsp3) is 0.438. The molecule has 21 heavy (non-hydrogen) atoms. The van der Waals surface area contributed by atoms with Gasteiger partial charge in [-0.25, -0.2) is 0 Å². The first-order chi connectivity index (χ1) is 10.2. The fourth-order valence-corrected chi connectivity index (χ4v) is 2.96. The first-order valence-corrected chi connectivity index (χ1v) is 7.21. The van der Waals surface area contributed by atoms with Gasteiger partial charge < -0.3 is 14.4 Å². The van der Waals surface area contributed by atoms with Crippen molar-refractivity contribution in [3.63, 3.8) is 0 Å². The Hall–Kier alpha value is -2.01. The van der Waals surface area contributed by atoms with Crippen LogP contribution in [0.2, 0.25) is 0 Å². The van der Waals surface area contributed by atoms with Crippen LogP contribution < -0.4 is 4.74 Å². The van der Waals surface area contributed by atoms with Crippen LogP contribution in [0.5, 0.6) is 11.5 Å². The molecule has 0 bridgehead atoms. The third-order valence-electron chi connectivity index (χ3n) is 4.01. The van der Waals surface area contributed by atoms with E-state index in [1.807, 2.05) is 25.1 Å². The Balaban J connectivity index is 1.81. The Labute approximate surface area is 124 Å². The molecule has 3 rings (SSSR count). The molecule has 0 radical (unpaired) electrons. The zero-order valence-corrected chi connectivity index (χ0v) is 12.4. The number of nitrogens with zero attached hydrogens (tertiary/aromatic N) is 2. The molecule has 1 aliphatic heterocycles. The highest BCUT2D eigenvalue weighted by Gasteiger charge is 2.29. The van der Waals surface area contributed by atoms with Gasteiger partial charge in [0.2, 0.25) is 0 Å². The van der Waals surface area contributed by atoms with Gasteiger partial charge in [-0.2, -0.15) is 0 Å². The van der Waals surface area contributed by atoms with Gasteiger partial charge >= 0.3 is 0 Å². The van der Waals surface area contributed by atoms with Crippen molar-refractivity contribution in [2.24, 2.45) is 0 Å². The van der Waals surface area contributed by atoms with Crippen molar-refractivity contribution in [1.29, 1.82) is 0 Å². The number of aromatic hydroxyl groups is 1. The molecule has 1 aromatic carbocycles. The van der Waals surface area contributed by atoms with Gasteiger partial charge in [-0.1, -0.05) is 17.3 Å². The molecule has 5 nitrogen and oxygen atoms in total. The predicted octanol–water partition coefficient (Wildman–Crippen LogP) is 3.03. The van der Waals surface area contributed by atoms with E-state index in [0.29, 0.717) is 12.3 Å². The summed E-state index contributed by atoms with van der Waals surface area (Å²) in [6.45, 7) is 3.59. The van der Waals surface area contributed by atoms with Crippen LogP contribution in [0.1, 0.15) is 35.9 Å². The van der Waals surface area contributed by atoms with Crippen LogP contribution in [0.15, 0.2) is 28.8 Å². The Morgan fingerprint density at radius 2 is 2.33 bits per heavy atom. The van der Waals surface area contributed by atoms with E-state index in [0.717, 1.165) is 36.4 Å². The zero-order valence-electron chi connectivity index (χ0n) is 12.4. The summed E-state index contributed by atoms with van der Waals surface area (Å²) in [5, 5.41) is 14.2. The van der Waals surface area contributed by atoms with Crippen molar-refractivity contribution in [2.75, 3.05) is 13.7 Å². The molecule has 2 heterocycles. The van der Waals surface area contributed by atoms with Gasteiger partial charge in [-0.3, -0.25) is 4.90 Å². The third kappa shape index (κ3) is 2.74. The van der Waals surface area contributed by atoms with Crippen molar-refractivity contribution in [3.8, 4) is 11.5 Å². The molecular formula is C16H20N2O3. The first-order valence-electron chi connectivity index (χ1n) is 7.21. The van der Waals surface area contributed by atoms with E-state index in [4.69, 9.17) is 9.26 Å². The quantitative estimate of drug-likeness (QED) is 0.937. The molecule has 1 N–H and O–H groups in total. The number of hydrogen-bond donors (Lipinski definition) is 1. The monoisotopic (exact) mass is 288 g/mol. The number of phenols is 1. The Bertz CT molecular complexity index is 624. The van der Waals surface area contributed by atoms with Gasteiger partial charge in [0.25, 0.3) is 0 Å². The van der Waals surface area contributed by atoms with Gasteiger partial charge in [0.1, 0.15) is 0 Å². The van der Waals surface area contributed by atoms with E-state index in [2.05, 4.69) is 10.1 Å². The van der Waals surface area contributed by atoms with Crippen molar-refractivity contribution in [3.05, 3.63) is 41.3 Å². The maximum atomic E-state index is 10.2.